The zero-order chi connectivity index (χ0) is 14.4. The van der Waals surface area contributed by atoms with Crippen LogP contribution in [-0.4, -0.2) is 32.1 Å². The van der Waals surface area contributed by atoms with Crippen molar-refractivity contribution < 1.29 is 9.53 Å². The number of benzene rings is 1. The maximum absolute atomic E-state index is 11.7. The van der Waals surface area contributed by atoms with Crippen LogP contribution in [0.2, 0.25) is 10.0 Å². The molecule has 0 aliphatic carbocycles. The minimum absolute atomic E-state index is 0. The van der Waals surface area contributed by atoms with Crippen LogP contribution in [0.1, 0.15) is 12.8 Å². The van der Waals surface area contributed by atoms with Gasteiger partial charge in [0.15, 0.2) is 0 Å². The summed E-state index contributed by atoms with van der Waals surface area (Å²) in [5.41, 5.74) is 0. The third kappa shape index (κ3) is 5.91. The molecule has 1 heterocycles. The third-order valence-corrected chi connectivity index (χ3v) is 3.73. The second-order valence-corrected chi connectivity index (χ2v) is 5.60. The second-order valence-electron chi connectivity index (χ2n) is 4.76. The van der Waals surface area contributed by atoms with Gasteiger partial charge in [-0.05, 0) is 37.6 Å². The maximum atomic E-state index is 11.7. The lowest BCUT2D eigenvalue weighted by Gasteiger charge is -2.11. The Morgan fingerprint density at radius 2 is 2.24 bits per heavy atom. The van der Waals surface area contributed by atoms with Gasteiger partial charge in [0.2, 0.25) is 5.91 Å². The van der Waals surface area contributed by atoms with Gasteiger partial charge >= 0.3 is 0 Å². The van der Waals surface area contributed by atoms with E-state index in [4.69, 9.17) is 27.9 Å². The molecule has 1 aliphatic rings. The van der Waals surface area contributed by atoms with Crippen molar-refractivity contribution in [2.75, 3.05) is 26.2 Å². The number of hydrogen-bond acceptors (Lipinski definition) is 3. The van der Waals surface area contributed by atoms with Crippen LogP contribution in [0.15, 0.2) is 18.2 Å². The molecular formula is C14H19Cl3N2O2. The Morgan fingerprint density at radius 3 is 2.90 bits per heavy atom. The highest BCUT2D eigenvalue weighted by Crippen LogP contribution is 2.27. The number of nitrogens with one attached hydrogen (secondary N) is 2. The average molecular weight is 354 g/mol. The number of carbonyl (C=O) groups is 1. The lowest BCUT2D eigenvalue weighted by molar-refractivity contribution is -0.124. The highest BCUT2D eigenvalue weighted by Gasteiger charge is 2.21. The van der Waals surface area contributed by atoms with Gasteiger partial charge in [-0.2, -0.15) is 0 Å². The molecule has 1 unspecified atom stereocenters. The van der Waals surface area contributed by atoms with Crippen molar-refractivity contribution in [2.45, 2.75) is 12.8 Å². The molecule has 0 aromatic heterocycles. The summed E-state index contributed by atoms with van der Waals surface area (Å²) in [6.45, 7) is 2.82. The van der Waals surface area contributed by atoms with E-state index in [0.717, 1.165) is 25.9 Å². The van der Waals surface area contributed by atoms with Crippen LogP contribution in [0.25, 0.3) is 0 Å². The number of amides is 1. The van der Waals surface area contributed by atoms with E-state index in [1.165, 1.54) is 0 Å². The fraction of sp³-hybridized carbons (Fsp3) is 0.500. The van der Waals surface area contributed by atoms with Gasteiger partial charge in [-0.3, -0.25) is 4.79 Å². The summed E-state index contributed by atoms with van der Waals surface area (Å²) in [7, 11) is 0. The zero-order valence-electron chi connectivity index (χ0n) is 11.5. The fourth-order valence-corrected chi connectivity index (χ4v) is 2.54. The van der Waals surface area contributed by atoms with Crippen LogP contribution in [-0.2, 0) is 4.79 Å². The monoisotopic (exact) mass is 352 g/mol. The van der Waals surface area contributed by atoms with Crippen LogP contribution >= 0.6 is 35.6 Å². The Balaban J connectivity index is 0.00000220. The first-order valence-electron chi connectivity index (χ1n) is 6.73. The molecule has 0 radical (unpaired) electrons. The summed E-state index contributed by atoms with van der Waals surface area (Å²) in [4.78, 5) is 11.7. The molecule has 0 bridgehead atoms. The Hall–Kier alpha value is -0.680. The van der Waals surface area contributed by atoms with Gasteiger partial charge in [-0.15, -0.1) is 12.4 Å². The van der Waals surface area contributed by atoms with Crippen LogP contribution in [0.4, 0.5) is 0 Å². The maximum Gasteiger partial charge on any atom is 0.224 e. The summed E-state index contributed by atoms with van der Waals surface area (Å²) in [5.74, 6) is 0.850. The number of halogens is 3. The molecule has 4 nitrogen and oxygen atoms in total. The van der Waals surface area contributed by atoms with Crippen molar-refractivity contribution >= 4 is 41.5 Å². The first-order valence-corrected chi connectivity index (χ1v) is 7.48. The summed E-state index contributed by atoms with van der Waals surface area (Å²) < 4.78 is 5.54. The van der Waals surface area contributed by atoms with Crippen molar-refractivity contribution in [3.63, 3.8) is 0 Å². The summed E-state index contributed by atoms with van der Waals surface area (Å²) in [5, 5.41) is 7.18. The van der Waals surface area contributed by atoms with E-state index in [0.29, 0.717) is 28.9 Å². The van der Waals surface area contributed by atoms with Crippen molar-refractivity contribution in [2.24, 2.45) is 5.92 Å². The Morgan fingerprint density at radius 1 is 1.43 bits per heavy atom. The van der Waals surface area contributed by atoms with Crippen molar-refractivity contribution in [1.82, 2.24) is 10.6 Å². The van der Waals surface area contributed by atoms with Gasteiger partial charge in [-0.1, -0.05) is 23.2 Å². The SMILES string of the molecule is Cl.O=C(NCCCOc1ccc(Cl)cc1Cl)C1CCNC1. The largest absolute Gasteiger partial charge is 0.492 e. The van der Waals surface area contributed by atoms with Gasteiger partial charge < -0.3 is 15.4 Å². The summed E-state index contributed by atoms with van der Waals surface area (Å²) in [6, 6.07) is 5.12. The molecule has 118 valence electrons. The van der Waals surface area contributed by atoms with Gasteiger partial charge in [0.25, 0.3) is 0 Å². The van der Waals surface area contributed by atoms with E-state index in [9.17, 15) is 4.79 Å². The lowest BCUT2D eigenvalue weighted by Crippen LogP contribution is -2.33. The number of ether oxygens (including phenoxy) is 1. The van der Waals surface area contributed by atoms with E-state index >= 15 is 0 Å². The number of rotatable bonds is 6. The van der Waals surface area contributed by atoms with E-state index in [1.54, 1.807) is 18.2 Å². The molecule has 21 heavy (non-hydrogen) atoms. The van der Waals surface area contributed by atoms with Gasteiger partial charge in [-0.25, -0.2) is 0 Å². The molecule has 2 rings (SSSR count). The van der Waals surface area contributed by atoms with E-state index in [2.05, 4.69) is 10.6 Å². The molecule has 1 saturated heterocycles. The Labute approximate surface area is 140 Å². The van der Waals surface area contributed by atoms with Crippen molar-refractivity contribution in [3.05, 3.63) is 28.2 Å². The van der Waals surface area contributed by atoms with E-state index in [-0.39, 0.29) is 24.2 Å². The van der Waals surface area contributed by atoms with Gasteiger partial charge in [0, 0.05) is 18.1 Å². The van der Waals surface area contributed by atoms with Crippen LogP contribution < -0.4 is 15.4 Å². The predicted octanol–water partition coefficient (Wildman–Crippen LogP) is 2.91. The smallest absolute Gasteiger partial charge is 0.224 e. The first-order chi connectivity index (χ1) is 9.66. The fourth-order valence-electron chi connectivity index (χ4n) is 2.08. The van der Waals surface area contributed by atoms with Crippen LogP contribution in [0.5, 0.6) is 5.75 Å². The normalized spacial score (nSPS) is 17.1. The minimum atomic E-state index is 0. The average Bonchev–Trinajstić information content (AvgIpc) is 2.94. The molecule has 1 aromatic rings. The Bertz CT molecular complexity index is 466. The van der Waals surface area contributed by atoms with Crippen molar-refractivity contribution in [3.8, 4) is 5.75 Å². The second kappa shape index (κ2) is 9.36. The number of hydrogen-bond donors (Lipinski definition) is 2. The molecule has 1 aliphatic heterocycles. The predicted molar refractivity (Wildman–Crippen MR) is 87.8 cm³/mol. The highest BCUT2D eigenvalue weighted by molar-refractivity contribution is 6.35. The topological polar surface area (TPSA) is 50.4 Å². The quantitative estimate of drug-likeness (QED) is 0.773. The third-order valence-electron chi connectivity index (χ3n) is 3.20. The Kier molecular flexibility index (Phi) is 8.19. The molecular weight excluding hydrogens is 335 g/mol. The van der Waals surface area contributed by atoms with Crippen LogP contribution in [0, 0.1) is 5.92 Å². The molecule has 0 spiro atoms. The summed E-state index contributed by atoms with van der Waals surface area (Å²) >= 11 is 11.8. The number of carbonyl (C=O) groups excluding carboxylic acids is 1. The lowest BCUT2D eigenvalue weighted by atomic mass is 10.1. The molecule has 1 aromatic carbocycles. The van der Waals surface area contributed by atoms with E-state index in [1.807, 2.05) is 0 Å². The van der Waals surface area contributed by atoms with Gasteiger partial charge in [0.1, 0.15) is 5.75 Å². The van der Waals surface area contributed by atoms with Gasteiger partial charge in [0.05, 0.1) is 17.5 Å². The molecule has 0 saturated carbocycles. The first kappa shape index (κ1) is 18.4. The van der Waals surface area contributed by atoms with E-state index < -0.39 is 0 Å². The highest BCUT2D eigenvalue weighted by atomic mass is 35.5. The standard InChI is InChI=1S/C14H18Cl2N2O2.ClH/c15-11-2-3-13(12(16)8-11)20-7-1-5-18-14(19)10-4-6-17-9-10;/h2-3,8,10,17H,1,4-7,9H2,(H,18,19);1H. The molecule has 1 atom stereocenters. The molecule has 7 heteroatoms. The molecule has 2 N–H and O–H groups in total. The minimum Gasteiger partial charge on any atom is -0.492 e. The van der Waals surface area contributed by atoms with Crippen LogP contribution in [0.3, 0.4) is 0 Å². The molecule has 1 amide bonds. The zero-order valence-corrected chi connectivity index (χ0v) is 13.9. The van der Waals surface area contributed by atoms with Crippen molar-refractivity contribution in [1.29, 1.82) is 0 Å². The summed E-state index contributed by atoms with van der Waals surface area (Å²) in [6.07, 6.45) is 1.66. The molecule has 1 fully saturated rings.